The van der Waals surface area contributed by atoms with Gasteiger partial charge in [-0.15, -0.1) is 0 Å². The molecule has 0 fully saturated rings. The molecule has 0 N–H and O–H groups in total. The molecule has 1 atom stereocenters. The number of nitrogens with zero attached hydrogens (tertiary/aromatic N) is 5. The van der Waals surface area contributed by atoms with Crippen molar-refractivity contribution in [2.24, 2.45) is 0 Å². The van der Waals surface area contributed by atoms with Crippen LogP contribution in [0.2, 0.25) is 0 Å². The van der Waals surface area contributed by atoms with Gasteiger partial charge < -0.3 is 0 Å². The molecule has 0 saturated carbocycles. The van der Waals surface area contributed by atoms with Gasteiger partial charge in [0.1, 0.15) is 11.2 Å². The number of allylic oxidation sites excluding steroid dienone is 12. The third kappa shape index (κ3) is 5.76. The molecule has 1 spiro atoms. The first-order valence-electron chi connectivity index (χ1n) is 20.4. The van der Waals surface area contributed by atoms with Gasteiger partial charge in [-0.1, -0.05) is 160 Å². The van der Waals surface area contributed by atoms with Crippen LogP contribution in [0.25, 0.3) is 56.2 Å². The largest absolute Gasteiger partial charge is 0.295 e. The zero-order chi connectivity index (χ0) is 40.1. The average molecular weight is 762 g/mol. The highest BCUT2D eigenvalue weighted by Gasteiger charge is 2.55. The van der Waals surface area contributed by atoms with Gasteiger partial charge in [0.25, 0.3) is 0 Å². The normalized spacial score (nSPS) is 17.1. The zero-order valence-electron chi connectivity index (χ0n) is 33.4. The monoisotopic (exact) mass is 761 g/mol. The van der Waals surface area contributed by atoms with Crippen LogP contribution in [0.3, 0.4) is 0 Å². The van der Waals surface area contributed by atoms with Gasteiger partial charge in [0.2, 0.25) is 0 Å². The molecule has 0 bridgehead atoms. The summed E-state index contributed by atoms with van der Waals surface area (Å²) < 4.78 is 2.41. The topological polar surface area (TPSA) is 56.5 Å². The van der Waals surface area contributed by atoms with E-state index in [-0.39, 0.29) is 0 Å². The molecule has 7 aromatic rings. The highest BCUT2D eigenvalue weighted by Crippen LogP contribution is 2.61. The molecule has 5 nitrogen and oxygen atoms in total. The summed E-state index contributed by atoms with van der Waals surface area (Å²) in [5.74, 6) is 2.85. The second-order valence-electron chi connectivity index (χ2n) is 15.3. The molecule has 10 rings (SSSR count). The summed E-state index contributed by atoms with van der Waals surface area (Å²) in [7, 11) is 0. The van der Waals surface area contributed by atoms with Crippen LogP contribution >= 0.6 is 0 Å². The third-order valence-corrected chi connectivity index (χ3v) is 12.0. The molecule has 1 unspecified atom stereocenters. The summed E-state index contributed by atoms with van der Waals surface area (Å²) in [5.41, 5.74) is 17.1. The molecular formula is C54H43N5. The van der Waals surface area contributed by atoms with Gasteiger partial charge >= 0.3 is 0 Å². The molecule has 1 aliphatic heterocycles. The Labute approximate surface area is 345 Å². The minimum atomic E-state index is -0.502. The molecule has 3 aliphatic rings. The second kappa shape index (κ2) is 14.6. The molecular weight excluding hydrogens is 719 g/mol. The van der Waals surface area contributed by atoms with Gasteiger partial charge in [-0.2, -0.15) is 0 Å². The number of aromatic nitrogens is 5. The minimum absolute atomic E-state index is 0.502. The highest BCUT2D eigenvalue weighted by atomic mass is 15.1. The fraction of sp³-hybridized carbons (Fsp3) is 0.111. The van der Waals surface area contributed by atoms with E-state index in [0.717, 1.165) is 58.4 Å². The van der Waals surface area contributed by atoms with E-state index in [2.05, 4.69) is 147 Å². The Morgan fingerprint density at radius 1 is 0.729 bits per heavy atom. The first-order chi connectivity index (χ1) is 29.0. The van der Waals surface area contributed by atoms with Crippen LogP contribution in [0, 0.1) is 0 Å². The van der Waals surface area contributed by atoms with Crippen molar-refractivity contribution in [1.82, 2.24) is 24.5 Å². The van der Waals surface area contributed by atoms with E-state index >= 15 is 0 Å². The van der Waals surface area contributed by atoms with Crippen molar-refractivity contribution >= 4 is 27.8 Å². The minimum Gasteiger partial charge on any atom is -0.295 e. The van der Waals surface area contributed by atoms with Crippen molar-refractivity contribution < 1.29 is 0 Å². The molecule has 2 aromatic heterocycles. The van der Waals surface area contributed by atoms with Crippen molar-refractivity contribution in [3.8, 4) is 28.5 Å². The Kier molecular flexibility index (Phi) is 8.94. The number of rotatable bonds is 9. The van der Waals surface area contributed by atoms with Crippen LogP contribution < -0.4 is 0 Å². The molecule has 0 radical (unpaired) electrons. The van der Waals surface area contributed by atoms with E-state index in [4.69, 9.17) is 19.9 Å². The van der Waals surface area contributed by atoms with E-state index in [1.807, 2.05) is 36.4 Å². The van der Waals surface area contributed by atoms with Crippen molar-refractivity contribution in [3.05, 3.63) is 228 Å². The van der Waals surface area contributed by atoms with Gasteiger partial charge in [0.05, 0.1) is 16.7 Å². The fourth-order valence-electron chi connectivity index (χ4n) is 9.39. The molecule has 3 heterocycles. The van der Waals surface area contributed by atoms with Crippen molar-refractivity contribution in [2.45, 2.75) is 38.5 Å². The number of imidazole rings is 1. The van der Waals surface area contributed by atoms with Gasteiger partial charge in [-0.05, 0) is 101 Å². The van der Waals surface area contributed by atoms with Crippen LogP contribution in [-0.4, -0.2) is 24.5 Å². The summed E-state index contributed by atoms with van der Waals surface area (Å²) in [6.45, 7) is 12.4. The number of hydrogen-bond donors (Lipinski definition) is 0. The molecule has 0 saturated heterocycles. The molecule has 2 aliphatic carbocycles. The van der Waals surface area contributed by atoms with Crippen LogP contribution in [0.4, 0.5) is 0 Å². The number of benzene rings is 5. The van der Waals surface area contributed by atoms with Crippen LogP contribution in [0.1, 0.15) is 67.0 Å². The summed E-state index contributed by atoms with van der Waals surface area (Å²) >= 11 is 0. The number of para-hydroxylation sites is 3. The fourth-order valence-corrected chi connectivity index (χ4v) is 9.39. The predicted octanol–water partition coefficient (Wildman–Crippen LogP) is 12.9. The summed E-state index contributed by atoms with van der Waals surface area (Å²) in [4.78, 5) is 20.3. The standard InChI is InChI=1S/C54H43N5/c1-5-18-36(7-3)50-56-51(37-20-9-8-10-21-37)58-52(57-50)41-23-17-22-40(33-41)39(19-6-2)32-35(4)38-30-31-43-42-24-11-12-25-44(42)54(46(43)34-38)45-26-13-15-28-48(45)59-49-29-16-14-27-47(49)55-53(54)59/h5,7-29,32-34H,1,3,6,30-31H2,2,4H3/b35-32+,36-18+,39-19+. The lowest BCUT2D eigenvalue weighted by Crippen LogP contribution is -2.28. The summed E-state index contributed by atoms with van der Waals surface area (Å²) in [6.07, 6.45) is 15.4. The van der Waals surface area contributed by atoms with E-state index in [1.165, 1.54) is 50.2 Å². The number of hydrogen-bond acceptors (Lipinski definition) is 4. The second-order valence-corrected chi connectivity index (χ2v) is 15.3. The van der Waals surface area contributed by atoms with Crippen LogP contribution in [-0.2, 0) is 5.41 Å². The van der Waals surface area contributed by atoms with E-state index in [1.54, 1.807) is 12.2 Å². The zero-order valence-corrected chi connectivity index (χ0v) is 33.4. The molecule has 5 aromatic carbocycles. The number of fused-ring (bicyclic) bond motifs is 11. The maximum absolute atomic E-state index is 5.45. The molecule has 59 heavy (non-hydrogen) atoms. The first kappa shape index (κ1) is 36.1. The van der Waals surface area contributed by atoms with E-state index in [0.29, 0.717) is 17.5 Å². The smallest absolute Gasteiger partial charge is 0.164 e. The maximum atomic E-state index is 5.45. The van der Waals surface area contributed by atoms with E-state index < -0.39 is 5.41 Å². The SMILES string of the molecule is C=C/C=C(\C=C)c1nc(-c2ccccc2)nc(-c2cccc(C(/C=C(\C)C3=CC4=C(CC3)c3ccccc3C43c4ccccc4-n4c3nc3ccccc34)=C/CC)c2)n1. The van der Waals surface area contributed by atoms with Gasteiger partial charge in [0, 0.05) is 16.7 Å². The lowest BCUT2D eigenvalue weighted by Gasteiger charge is -2.30. The first-order valence-corrected chi connectivity index (χ1v) is 20.4. The predicted molar refractivity (Wildman–Crippen MR) is 243 cm³/mol. The molecule has 0 amide bonds. The maximum Gasteiger partial charge on any atom is 0.164 e. The quantitative estimate of drug-likeness (QED) is 0.137. The summed E-state index contributed by atoms with van der Waals surface area (Å²) in [6, 6.07) is 45.0. The Morgan fingerprint density at radius 3 is 2.27 bits per heavy atom. The van der Waals surface area contributed by atoms with Crippen molar-refractivity contribution in [3.63, 3.8) is 0 Å². The van der Waals surface area contributed by atoms with Crippen LogP contribution in [0.5, 0.6) is 0 Å². The van der Waals surface area contributed by atoms with Crippen molar-refractivity contribution in [2.75, 3.05) is 0 Å². The average Bonchev–Trinajstić information content (AvgIpc) is 3.92. The Hall–Kier alpha value is -7.24. The van der Waals surface area contributed by atoms with Crippen molar-refractivity contribution in [1.29, 1.82) is 0 Å². The Bertz CT molecular complexity index is 3020. The Balaban J connectivity index is 1.07. The molecule has 284 valence electrons. The third-order valence-electron chi connectivity index (χ3n) is 12.0. The Morgan fingerprint density at radius 2 is 1.46 bits per heavy atom. The van der Waals surface area contributed by atoms with Gasteiger partial charge in [0.15, 0.2) is 17.5 Å². The van der Waals surface area contributed by atoms with Gasteiger partial charge in [-0.25, -0.2) is 19.9 Å². The van der Waals surface area contributed by atoms with E-state index in [9.17, 15) is 0 Å². The summed E-state index contributed by atoms with van der Waals surface area (Å²) in [5, 5.41) is 0. The van der Waals surface area contributed by atoms with Crippen LogP contribution in [0.15, 0.2) is 194 Å². The molecule has 5 heteroatoms. The lowest BCUT2D eigenvalue weighted by atomic mass is 9.70. The van der Waals surface area contributed by atoms with Gasteiger partial charge in [-0.3, -0.25) is 4.57 Å². The highest BCUT2D eigenvalue weighted by molar-refractivity contribution is 5.93. The lowest BCUT2D eigenvalue weighted by molar-refractivity contribution is 0.725.